The minimum absolute atomic E-state index is 0.00478. The lowest BCUT2D eigenvalue weighted by atomic mass is 9.73. The maximum absolute atomic E-state index is 12.4. The Kier molecular flexibility index (Phi) is 5.11. The van der Waals surface area contributed by atoms with Gasteiger partial charge in [0.1, 0.15) is 0 Å². The zero-order valence-corrected chi connectivity index (χ0v) is 12.5. The van der Waals surface area contributed by atoms with E-state index in [1.807, 2.05) is 16.9 Å². The molecule has 0 aliphatic heterocycles. The van der Waals surface area contributed by atoms with Crippen molar-refractivity contribution in [1.29, 1.82) is 0 Å². The molecule has 0 aromatic carbocycles. The molecule has 0 radical (unpaired) electrons. The van der Waals surface area contributed by atoms with E-state index in [-0.39, 0.29) is 5.91 Å². The van der Waals surface area contributed by atoms with Crippen molar-refractivity contribution >= 4 is 23.1 Å². The van der Waals surface area contributed by atoms with Crippen LogP contribution in [0.2, 0.25) is 0 Å². The Bertz CT molecular complexity index is 452. The third kappa shape index (κ3) is 3.36. The fourth-order valence-corrected chi connectivity index (χ4v) is 3.08. The monoisotopic (exact) mass is 294 g/mol. The van der Waals surface area contributed by atoms with Crippen LogP contribution in [0.25, 0.3) is 0 Å². The van der Waals surface area contributed by atoms with Crippen LogP contribution >= 0.6 is 12.2 Å². The topological polar surface area (TPSA) is 72.9 Å². The molecule has 1 aromatic heterocycles. The van der Waals surface area contributed by atoms with Crippen LogP contribution in [0.15, 0.2) is 18.5 Å². The third-order valence-electron chi connectivity index (χ3n) is 4.02. The lowest BCUT2D eigenvalue weighted by molar-refractivity contribution is -0.128. The number of aromatic nitrogens is 2. The van der Waals surface area contributed by atoms with Crippen LogP contribution in [0, 0.1) is 5.41 Å². The summed E-state index contributed by atoms with van der Waals surface area (Å²) in [5.41, 5.74) is 5.23. The van der Waals surface area contributed by atoms with Crippen LogP contribution in [0.1, 0.15) is 38.5 Å². The van der Waals surface area contributed by atoms with Gasteiger partial charge in [-0.3, -0.25) is 9.48 Å². The summed E-state index contributed by atoms with van der Waals surface area (Å²) in [6, 6.07) is 1.89. The van der Waals surface area contributed by atoms with Crippen molar-refractivity contribution in [3.63, 3.8) is 0 Å². The minimum atomic E-state index is -0.612. The molecule has 1 heterocycles. The van der Waals surface area contributed by atoms with Gasteiger partial charge in [-0.25, -0.2) is 0 Å². The number of rotatable bonds is 6. The molecule has 6 heteroatoms. The van der Waals surface area contributed by atoms with E-state index in [1.165, 1.54) is 0 Å². The van der Waals surface area contributed by atoms with Gasteiger partial charge in [0.05, 0.1) is 10.4 Å². The summed E-state index contributed by atoms with van der Waals surface area (Å²) in [6.45, 7) is 1.43. The second-order valence-corrected chi connectivity index (χ2v) is 5.83. The Labute approximate surface area is 124 Å². The van der Waals surface area contributed by atoms with Gasteiger partial charge in [0, 0.05) is 25.5 Å². The number of aryl methyl sites for hydroxylation is 1. The van der Waals surface area contributed by atoms with Crippen LogP contribution in [0.3, 0.4) is 0 Å². The van der Waals surface area contributed by atoms with Gasteiger partial charge in [-0.1, -0.05) is 31.5 Å². The van der Waals surface area contributed by atoms with Crippen molar-refractivity contribution < 1.29 is 4.79 Å². The zero-order valence-electron chi connectivity index (χ0n) is 11.7. The van der Waals surface area contributed by atoms with Crippen molar-refractivity contribution in [2.45, 2.75) is 45.1 Å². The van der Waals surface area contributed by atoms with Gasteiger partial charge in [-0.05, 0) is 25.3 Å². The lowest BCUT2D eigenvalue weighted by Gasteiger charge is -2.34. The van der Waals surface area contributed by atoms with E-state index in [0.717, 1.165) is 45.1 Å². The number of nitrogens with two attached hydrogens (primary N) is 1. The highest BCUT2D eigenvalue weighted by Gasteiger charge is 2.41. The van der Waals surface area contributed by atoms with Crippen molar-refractivity contribution in [3.8, 4) is 0 Å². The van der Waals surface area contributed by atoms with E-state index in [9.17, 15) is 4.79 Å². The molecular weight excluding hydrogens is 272 g/mol. The first kappa shape index (κ1) is 15.0. The number of carbonyl (C=O) groups is 1. The number of amides is 1. The number of carbonyl (C=O) groups excluding carboxylic acids is 1. The summed E-state index contributed by atoms with van der Waals surface area (Å²) in [7, 11) is 0. The fourth-order valence-electron chi connectivity index (χ4n) is 2.79. The Morgan fingerprint density at radius 3 is 2.75 bits per heavy atom. The van der Waals surface area contributed by atoms with Gasteiger partial charge >= 0.3 is 0 Å². The summed E-state index contributed by atoms with van der Waals surface area (Å²) >= 11 is 5.15. The van der Waals surface area contributed by atoms with Crippen molar-refractivity contribution in [3.05, 3.63) is 18.5 Å². The van der Waals surface area contributed by atoms with E-state index in [1.54, 1.807) is 6.20 Å². The summed E-state index contributed by atoms with van der Waals surface area (Å²) in [4.78, 5) is 12.8. The van der Waals surface area contributed by atoms with E-state index < -0.39 is 5.41 Å². The second kappa shape index (κ2) is 6.83. The Balaban J connectivity index is 1.81. The van der Waals surface area contributed by atoms with Crippen LogP contribution in [-0.2, 0) is 11.3 Å². The molecule has 20 heavy (non-hydrogen) atoms. The highest BCUT2D eigenvalue weighted by molar-refractivity contribution is 7.80. The van der Waals surface area contributed by atoms with Gasteiger partial charge in [-0.15, -0.1) is 0 Å². The average Bonchev–Trinajstić information content (AvgIpc) is 2.97. The minimum Gasteiger partial charge on any atom is -0.392 e. The van der Waals surface area contributed by atoms with Crippen LogP contribution < -0.4 is 11.1 Å². The Hall–Kier alpha value is -1.43. The number of nitrogens with one attached hydrogen (secondary N) is 1. The maximum atomic E-state index is 12.4. The third-order valence-corrected chi connectivity index (χ3v) is 4.41. The van der Waals surface area contributed by atoms with Crippen LogP contribution in [0.4, 0.5) is 0 Å². The molecule has 1 saturated carbocycles. The van der Waals surface area contributed by atoms with Gasteiger partial charge in [0.15, 0.2) is 0 Å². The summed E-state index contributed by atoms with van der Waals surface area (Å²) in [5, 5.41) is 7.12. The standard InChI is InChI=1S/C14H22N4OS/c15-12(20)14(6-2-1-3-7-14)13(19)16-8-4-10-18-11-5-9-17-18/h5,9,11H,1-4,6-8,10H2,(H2,15,20)(H,16,19). The van der Waals surface area contributed by atoms with E-state index in [0.29, 0.717) is 11.5 Å². The summed E-state index contributed by atoms with van der Waals surface area (Å²) in [5.74, 6) is 0.00478. The lowest BCUT2D eigenvalue weighted by Crippen LogP contribution is -2.50. The molecule has 0 spiro atoms. The molecule has 0 unspecified atom stereocenters. The molecular formula is C14H22N4OS. The molecule has 2 rings (SSSR count). The van der Waals surface area contributed by atoms with Crippen LogP contribution in [0.5, 0.6) is 0 Å². The molecule has 1 fully saturated rings. The Morgan fingerprint density at radius 2 is 2.15 bits per heavy atom. The van der Waals surface area contributed by atoms with Crippen molar-refractivity contribution in [2.75, 3.05) is 6.54 Å². The molecule has 1 aliphatic rings. The first-order chi connectivity index (χ1) is 9.65. The molecule has 1 aliphatic carbocycles. The van der Waals surface area contributed by atoms with Gasteiger partial charge < -0.3 is 11.1 Å². The van der Waals surface area contributed by atoms with Crippen molar-refractivity contribution in [1.82, 2.24) is 15.1 Å². The number of nitrogens with zero attached hydrogens (tertiary/aromatic N) is 2. The zero-order chi connectivity index (χ0) is 14.4. The SMILES string of the molecule is NC(=S)C1(C(=O)NCCCn2cccn2)CCCCC1. The molecule has 3 N–H and O–H groups in total. The molecule has 110 valence electrons. The molecule has 1 aromatic rings. The highest BCUT2D eigenvalue weighted by Crippen LogP contribution is 2.36. The average molecular weight is 294 g/mol. The largest absolute Gasteiger partial charge is 0.392 e. The maximum Gasteiger partial charge on any atom is 0.233 e. The molecule has 1 amide bonds. The predicted octanol–water partition coefficient (Wildman–Crippen LogP) is 1.63. The predicted molar refractivity (Wildman–Crippen MR) is 82.2 cm³/mol. The number of hydrogen-bond acceptors (Lipinski definition) is 3. The van der Waals surface area contributed by atoms with Gasteiger partial charge in [0.25, 0.3) is 0 Å². The smallest absolute Gasteiger partial charge is 0.233 e. The van der Waals surface area contributed by atoms with Crippen molar-refractivity contribution in [2.24, 2.45) is 11.1 Å². The Morgan fingerprint density at radius 1 is 1.40 bits per heavy atom. The molecule has 0 atom stereocenters. The van der Waals surface area contributed by atoms with E-state index in [4.69, 9.17) is 18.0 Å². The quantitative estimate of drug-likeness (QED) is 0.618. The van der Waals surface area contributed by atoms with Gasteiger partial charge in [-0.2, -0.15) is 5.10 Å². The fraction of sp³-hybridized carbons (Fsp3) is 0.643. The van der Waals surface area contributed by atoms with Crippen LogP contribution in [-0.4, -0.2) is 27.2 Å². The number of thiocarbonyl (C=S) groups is 1. The first-order valence-electron chi connectivity index (χ1n) is 7.21. The number of hydrogen-bond donors (Lipinski definition) is 2. The molecule has 5 nitrogen and oxygen atoms in total. The second-order valence-electron chi connectivity index (χ2n) is 5.39. The van der Waals surface area contributed by atoms with E-state index >= 15 is 0 Å². The van der Waals surface area contributed by atoms with Gasteiger partial charge in [0.2, 0.25) is 5.91 Å². The molecule has 0 bridgehead atoms. The normalized spacial score (nSPS) is 17.6. The highest BCUT2D eigenvalue weighted by atomic mass is 32.1. The van der Waals surface area contributed by atoms with E-state index in [2.05, 4.69) is 10.4 Å². The molecule has 0 saturated heterocycles. The first-order valence-corrected chi connectivity index (χ1v) is 7.62. The summed E-state index contributed by atoms with van der Waals surface area (Å²) in [6.07, 6.45) is 9.30. The summed E-state index contributed by atoms with van der Waals surface area (Å²) < 4.78 is 1.86.